The predicted molar refractivity (Wildman–Crippen MR) is 85.7 cm³/mol. The van der Waals surface area contributed by atoms with Crippen LogP contribution in [0, 0.1) is 0 Å². The largest absolute Gasteiger partial charge is 0.492 e. The number of carbonyl (C=O) groups is 1. The van der Waals surface area contributed by atoms with Crippen LogP contribution in [0.2, 0.25) is 0 Å². The minimum absolute atomic E-state index is 0.267. The standard InChI is InChI=1S/C17H18N2O3/c1-3-22-15-11-7-10-14(16(15)21-2)12-18-19-17(20)13-8-5-4-6-9-13/h4-12H,3H2,1-2H3,(H,19,20)/b18-12+. The molecule has 5 heteroatoms. The van der Waals surface area contributed by atoms with E-state index in [1.807, 2.05) is 31.2 Å². The van der Waals surface area contributed by atoms with Crippen molar-refractivity contribution in [2.45, 2.75) is 6.92 Å². The molecule has 2 rings (SSSR count). The van der Waals surface area contributed by atoms with E-state index in [2.05, 4.69) is 10.5 Å². The monoisotopic (exact) mass is 298 g/mol. The average Bonchev–Trinajstić information content (AvgIpc) is 2.56. The lowest BCUT2D eigenvalue weighted by Gasteiger charge is -2.11. The molecule has 0 bridgehead atoms. The molecule has 0 aliphatic rings. The summed E-state index contributed by atoms with van der Waals surface area (Å²) in [7, 11) is 1.57. The molecule has 1 amide bonds. The summed E-state index contributed by atoms with van der Waals surface area (Å²) in [6.45, 7) is 2.45. The number of hydrogen-bond acceptors (Lipinski definition) is 4. The minimum Gasteiger partial charge on any atom is -0.492 e. The van der Waals surface area contributed by atoms with Crippen LogP contribution in [0.25, 0.3) is 0 Å². The lowest BCUT2D eigenvalue weighted by Crippen LogP contribution is -2.17. The lowest BCUT2D eigenvalue weighted by molar-refractivity contribution is 0.0955. The Morgan fingerprint density at radius 3 is 2.64 bits per heavy atom. The van der Waals surface area contributed by atoms with Crippen LogP contribution in [-0.4, -0.2) is 25.8 Å². The zero-order chi connectivity index (χ0) is 15.8. The Bertz CT molecular complexity index is 654. The third kappa shape index (κ3) is 3.85. The number of hydrogen-bond donors (Lipinski definition) is 1. The van der Waals surface area contributed by atoms with E-state index in [9.17, 15) is 4.79 Å². The second-order valence-corrected chi connectivity index (χ2v) is 4.38. The number of nitrogens with zero attached hydrogens (tertiary/aromatic N) is 1. The topological polar surface area (TPSA) is 59.9 Å². The number of rotatable bonds is 6. The highest BCUT2D eigenvalue weighted by Gasteiger charge is 2.08. The fourth-order valence-corrected chi connectivity index (χ4v) is 1.94. The molecule has 0 spiro atoms. The van der Waals surface area contributed by atoms with Crippen LogP contribution in [-0.2, 0) is 0 Å². The second-order valence-electron chi connectivity index (χ2n) is 4.38. The smallest absolute Gasteiger partial charge is 0.271 e. The molecule has 1 N–H and O–H groups in total. The normalized spacial score (nSPS) is 10.5. The van der Waals surface area contributed by atoms with Crippen molar-refractivity contribution in [3.05, 3.63) is 59.7 Å². The van der Waals surface area contributed by atoms with Crippen LogP contribution in [0.1, 0.15) is 22.8 Å². The highest BCUT2D eigenvalue weighted by Crippen LogP contribution is 2.29. The summed E-state index contributed by atoms with van der Waals surface area (Å²) in [4.78, 5) is 11.9. The van der Waals surface area contributed by atoms with Crippen LogP contribution < -0.4 is 14.9 Å². The third-order valence-electron chi connectivity index (χ3n) is 2.92. The Morgan fingerprint density at radius 2 is 1.95 bits per heavy atom. The van der Waals surface area contributed by atoms with Crippen molar-refractivity contribution in [2.75, 3.05) is 13.7 Å². The van der Waals surface area contributed by atoms with Gasteiger partial charge >= 0.3 is 0 Å². The number of hydrazone groups is 1. The van der Waals surface area contributed by atoms with Crippen molar-refractivity contribution in [3.8, 4) is 11.5 Å². The van der Waals surface area contributed by atoms with E-state index in [0.717, 1.165) is 5.56 Å². The predicted octanol–water partition coefficient (Wildman–Crippen LogP) is 2.86. The van der Waals surface area contributed by atoms with Gasteiger partial charge in [0, 0.05) is 11.1 Å². The van der Waals surface area contributed by atoms with Crippen LogP contribution in [0.5, 0.6) is 11.5 Å². The number of benzene rings is 2. The molecule has 22 heavy (non-hydrogen) atoms. The van der Waals surface area contributed by atoms with Gasteiger partial charge in [0.2, 0.25) is 0 Å². The van der Waals surface area contributed by atoms with Crippen LogP contribution in [0.4, 0.5) is 0 Å². The average molecular weight is 298 g/mol. The molecule has 0 aliphatic carbocycles. The first kappa shape index (κ1) is 15.6. The van der Waals surface area contributed by atoms with Crippen molar-refractivity contribution in [3.63, 3.8) is 0 Å². The molecule has 0 saturated heterocycles. The van der Waals surface area contributed by atoms with E-state index in [1.54, 1.807) is 31.4 Å². The molecule has 0 aliphatic heterocycles. The molecule has 0 unspecified atom stereocenters. The summed E-state index contributed by atoms with van der Waals surface area (Å²) in [5.74, 6) is 0.960. The molecular formula is C17H18N2O3. The maximum Gasteiger partial charge on any atom is 0.271 e. The van der Waals surface area contributed by atoms with E-state index >= 15 is 0 Å². The molecule has 0 atom stereocenters. The fourth-order valence-electron chi connectivity index (χ4n) is 1.94. The van der Waals surface area contributed by atoms with Gasteiger partial charge in [-0.25, -0.2) is 5.43 Å². The quantitative estimate of drug-likeness (QED) is 0.659. The van der Waals surface area contributed by atoms with Crippen molar-refractivity contribution >= 4 is 12.1 Å². The van der Waals surface area contributed by atoms with Gasteiger partial charge in [0.25, 0.3) is 5.91 Å². The molecule has 2 aromatic carbocycles. The van der Waals surface area contributed by atoms with Gasteiger partial charge in [-0.2, -0.15) is 5.10 Å². The highest BCUT2D eigenvalue weighted by molar-refractivity contribution is 5.95. The Kier molecular flexibility index (Phi) is 5.54. The SMILES string of the molecule is CCOc1cccc(/C=N/NC(=O)c2ccccc2)c1OC. The first-order valence-corrected chi connectivity index (χ1v) is 6.94. The summed E-state index contributed by atoms with van der Waals surface area (Å²) in [6, 6.07) is 14.4. The summed E-state index contributed by atoms with van der Waals surface area (Å²) < 4.78 is 10.8. The van der Waals surface area contributed by atoms with Gasteiger partial charge in [0.1, 0.15) is 0 Å². The summed E-state index contributed by atoms with van der Waals surface area (Å²) in [6.07, 6.45) is 1.53. The van der Waals surface area contributed by atoms with Gasteiger partial charge in [0.15, 0.2) is 11.5 Å². The Labute approximate surface area is 129 Å². The van der Waals surface area contributed by atoms with Gasteiger partial charge in [-0.1, -0.05) is 24.3 Å². The van der Waals surface area contributed by atoms with Crippen LogP contribution in [0.15, 0.2) is 53.6 Å². The molecule has 0 heterocycles. The van der Waals surface area contributed by atoms with Gasteiger partial charge in [-0.3, -0.25) is 4.79 Å². The molecule has 0 saturated carbocycles. The summed E-state index contributed by atoms with van der Waals surface area (Å²) in [5, 5.41) is 3.97. The number of carbonyl (C=O) groups excluding carboxylic acids is 1. The first-order chi connectivity index (χ1) is 10.8. The summed E-state index contributed by atoms with van der Waals surface area (Å²) in [5.41, 5.74) is 3.76. The summed E-state index contributed by atoms with van der Waals surface area (Å²) >= 11 is 0. The van der Waals surface area contributed by atoms with Crippen molar-refractivity contribution < 1.29 is 14.3 Å². The minimum atomic E-state index is -0.267. The van der Waals surface area contributed by atoms with Crippen molar-refractivity contribution in [1.29, 1.82) is 0 Å². The van der Waals surface area contributed by atoms with E-state index in [1.165, 1.54) is 6.21 Å². The van der Waals surface area contributed by atoms with E-state index in [4.69, 9.17) is 9.47 Å². The second kappa shape index (κ2) is 7.83. The molecular weight excluding hydrogens is 280 g/mol. The number of nitrogens with one attached hydrogen (secondary N) is 1. The molecule has 0 radical (unpaired) electrons. The van der Waals surface area contributed by atoms with Crippen molar-refractivity contribution in [2.24, 2.45) is 5.10 Å². The maximum absolute atomic E-state index is 11.9. The fraction of sp³-hybridized carbons (Fsp3) is 0.176. The van der Waals surface area contributed by atoms with Gasteiger partial charge in [-0.05, 0) is 31.2 Å². The number of methoxy groups -OCH3 is 1. The van der Waals surface area contributed by atoms with Gasteiger partial charge in [-0.15, -0.1) is 0 Å². The molecule has 5 nitrogen and oxygen atoms in total. The first-order valence-electron chi connectivity index (χ1n) is 6.94. The zero-order valence-corrected chi connectivity index (χ0v) is 12.6. The zero-order valence-electron chi connectivity index (χ0n) is 12.6. The van der Waals surface area contributed by atoms with Gasteiger partial charge < -0.3 is 9.47 Å². The molecule has 0 fully saturated rings. The lowest BCUT2D eigenvalue weighted by atomic mass is 10.2. The van der Waals surface area contributed by atoms with E-state index in [-0.39, 0.29) is 5.91 Å². The Morgan fingerprint density at radius 1 is 1.18 bits per heavy atom. The van der Waals surface area contributed by atoms with E-state index in [0.29, 0.717) is 23.7 Å². The van der Waals surface area contributed by atoms with Crippen LogP contribution >= 0.6 is 0 Å². The number of para-hydroxylation sites is 1. The van der Waals surface area contributed by atoms with E-state index < -0.39 is 0 Å². The van der Waals surface area contributed by atoms with Gasteiger partial charge in [0.05, 0.1) is 19.9 Å². The third-order valence-corrected chi connectivity index (χ3v) is 2.92. The molecule has 0 aromatic heterocycles. The molecule has 2 aromatic rings. The Balaban J connectivity index is 2.10. The van der Waals surface area contributed by atoms with Crippen molar-refractivity contribution in [1.82, 2.24) is 5.43 Å². The number of ether oxygens (including phenoxy) is 2. The molecule has 114 valence electrons. The van der Waals surface area contributed by atoms with Crippen LogP contribution in [0.3, 0.4) is 0 Å². The Hall–Kier alpha value is -2.82. The highest BCUT2D eigenvalue weighted by atomic mass is 16.5. The number of amides is 1. The maximum atomic E-state index is 11.9.